The van der Waals surface area contributed by atoms with Crippen molar-refractivity contribution in [1.82, 2.24) is 0 Å². The van der Waals surface area contributed by atoms with Gasteiger partial charge in [-0.1, -0.05) is 229 Å². The average molecular weight is 813 g/mol. The lowest BCUT2D eigenvalue weighted by molar-refractivity contribution is 0.540. The van der Waals surface area contributed by atoms with Crippen LogP contribution in [0.1, 0.15) is 250 Å². The Kier molecular flexibility index (Phi) is 23.7. The first-order valence-electron chi connectivity index (χ1n) is 25.3. The topological polar surface area (TPSA) is 52.0 Å². The van der Waals surface area contributed by atoms with Crippen molar-refractivity contribution in [2.45, 2.75) is 219 Å². The Hall–Kier alpha value is -3.52. The SMILES string of the molecule is CCCCCCCCCCCCC(c1ccc(C(CCCCC)c2ccc(C(CCCCCCCCCCCC)c3ccc(N)cc3C)cc2)cc1)c1ccc(N)cc1C. The van der Waals surface area contributed by atoms with Gasteiger partial charge in [0.05, 0.1) is 0 Å². The lowest BCUT2D eigenvalue weighted by atomic mass is 9.81. The largest absolute Gasteiger partial charge is 0.399 e. The van der Waals surface area contributed by atoms with Crippen molar-refractivity contribution in [3.63, 3.8) is 0 Å². The third-order valence-electron chi connectivity index (χ3n) is 13.6. The highest BCUT2D eigenvalue weighted by Gasteiger charge is 2.21. The normalized spacial score (nSPS) is 13.1. The average Bonchev–Trinajstić information content (AvgIpc) is 3.25. The summed E-state index contributed by atoms with van der Waals surface area (Å²) in [6, 6.07) is 32.8. The molecule has 0 aliphatic carbocycles. The van der Waals surface area contributed by atoms with E-state index in [0.717, 1.165) is 11.4 Å². The van der Waals surface area contributed by atoms with Crippen molar-refractivity contribution >= 4 is 11.4 Å². The summed E-state index contributed by atoms with van der Waals surface area (Å²) < 4.78 is 0. The van der Waals surface area contributed by atoms with Crippen LogP contribution in [0.3, 0.4) is 0 Å². The van der Waals surface area contributed by atoms with Crippen molar-refractivity contribution in [3.05, 3.63) is 129 Å². The maximum atomic E-state index is 6.25. The summed E-state index contributed by atoms with van der Waals surface area (Å²) in [5, 5.41) is 0. The van der Waals surface area contributed by atoms with E-state index < -0.39 is 0 Å². The van der Waals surface area contributed by atoms with Gasteiger partial charge < -0.3 is 11.5 Å². The molecule has 0 aliphatic rings. The molecule has 0 aromatic heterocycles. The second-order valence-electron chi connectivity index (χ2n) is 18.7. The number of nitrogen functional groups attached to an aromatic ring is 2. The van der Waals surface area contributed by atoms with Crippen molar-refractivity contribution in [1.29, 1.82) is 0 Å². The molecular formula is C58H88N2. The van der Waals surface area contributed by atoms with Crippen molar-refractivity contribution in [3.8, 4) is 0 Å². The third-order valence-corrected chi connectivity index (χ3v) is 13.6. The number of unbranched alkanes of at least 4 members (excludes halogenated alkanes) is 20. The van der Waals surface area contributed by atoms with Crippen molar-refractivity contribution in [2.75, 3.05) is 11.5 Å². The minimum Gasteiger partial charge on any atom is -0.399 e. The first kappa shape index (κ1) is 49.1. The molecule has 2 heteroatoms. The molecule has 2 unspecified atom stereocenters. The monoisotopic (exact) mass is 813 g/mol. The Labute approximate surface area is 370 Å². The highest BCUT2D eigenvalue weighted by Crippen LogP contribution is 2.38. The molecule has 2 atom stereocenters. The molecule has 0 saturated carbocycles. The van der Waals surface area contributed by atoms with Crippen LogP contribution in [-0.2, 0) is 0 Å². The first-order valence-corrected chi connectivity index (χ1v) is 25.3. The van der Waals surface area contributed by atoms with Gasteiger partial charge in [-0.3, -0.25) is 0 Å². The number of rotatable bonds is 32. The third kappa shape index (κ3) is 17.1. The minimum absolute atomic E-state index is 0.399. The lowest BCUT2D eigenvalue weighted by Crippen LogP contribution is -2.07. The van der Waals surface area contributed by atoms with Crippen LogP contribution in [0.25, 0.3) is 0 Å². The minimum atomic E-state index is 0.399. The zero-order valence-electron chi connectivity index (χ0n) is 39.4. The standard InChI is InChI=1S/C58H88N2/c1-6-9-12-14-16-18-20-22-24-27-30-57(54-42-40-52(59)44-46(54)4)50-36-32-48(33-37-50)56(29-26-11-8-3)49-34-38-51(39-35-49)58(55-43-41-53(60)45-47(55)5)31-28-25-23-21-19-17-15-13-10-7-2/h32-45,56-58H,6-31,59-60H2,1-5H3. The van der Waals surface area contributed by atoms with Crippen LogP contribution in [0.4, 0.5) is 11.4 Å². The van der Waals surface area contributed by atoms with E-state index in [9.17, 15) is 0 Å². The van der Waals surface area contributed by atoms with E-state index in [1.165, 1.54) is 211 Å². The van der Waals surface area contributed by atoms with Gasteiger partial charge in [0.15, 0.2) is 0 Å². The van der Waals surface area contributed by atoms with E-state index in [0.29, 0.717) is 17.8 Å². The maximum absolute atomic E-state index is 6.25. The van der Waals surface area contributed by atoms with Crippen LogP contribution < -0.4 is 11.5 Å². The second kappa shape index (κ2) is 28.9. The summed E-state index contributed by atoms with van der Waals surface area (Å²) in [7, 11) is 0. The second-order valence-corrected chi connectivity index (χ2v) is 18.7. The molecule has 330 valence electrons. The molecule has 0 spiro atoms. The van der Waals surface area contributed by atoms with Crippen LogP contribution in [0, 0.1) is 13.8 Å². The Morgan fingerprint density at radius 1 is 0.317 bits per heavy atom. The number of hydrogen-bond donors (Lipinski definition) is 2. The van der Waals surface area contributed by atoms with Gasteiger partial charge in [-0.15, -0.1) is 0 Å². The predicted molar refractivity (Wildman–Crippen MR) is 267 cm³/mol. The number of nitrogens with two attached hydrogens (primary N) is 2. The van der Waals surface area contributed by atoms with Gasteiger partial charge in [0.1, 0.15) is 0 Å². The highest BCUT2D eigenvalue weighted by molar-refractivity contribution is 5.50. The van der Waals surface area contributed by atoms with Crippen molar-refractivity contribution < 1.29 is 0 Å². The molecule has 60 heavy (non-hydrogen) atoms. The van der Waals surface area contributed by atoms with E-state index in [1.807, 2.05) is 0 Å². The fourth-order valence-electron chi connectivity index (χ4n) is 9.90. The molecular weight excluding hydrogens is 725 g/mol. The Morgan fingerprint density at radius 2 is 0.567 bits per heavy atom. The zero-order valence-corrected chi connectivity index (χ0v) is 39.4. The van der Waals surface area contributed by atoms with Crippen LogP contribution in [-0.4, -0.2) is 0 Å². The molecule has 4 rings (SSSR count). The number of anilines is 2. The number of benzene rings is 4. The lowest BCUT2D eigenvalue weighted by Gasteiger charge is -2.24. The molecule has 0 radical (unpaired) electrons. The van der Waals surface area contributed by atoms with Crippen LogP contribution in [0.15, 0.2) is 84.9 Å². The molecule has 4 N–H and O–H groups in total. The molecule has 4 aromatic rings. The predicted octanol–water partition coefficient (Wildman–Crippen LogP) is 18.1. The molecule has 0 heterocycles. The smallest absolute Gasteiger partial charge is 0.0316 e. The highest BCUT2D eigenvalue weighted by atomic mass is 14.5. The summed E-state index contributed by atoms with van der Waals surface area (Å²) in [5.74, 6) is 1.20. The van der Waals surface area contributed by atoms with Crippen LogP contribution in [0.5, 0.6) is 0 Å². The van der Waals surface area contributed by atoms with Crippen LogP contribution >= 0.6 is 0 Å². The van der Waals surface area contributed by atoms with Gasteiger partial charge in [0.25, 0.3) is 0 Å². The number of hydrogen-bond acceptors (Lipinski definition) is 2. The Morgan fingerprint density at radius 3 is 0.883 bits per heavy atom. The summed E-state index contributed by atoms with van der Waals surface area (Å²) in [6.45, 7) is 11.4. The summed E-state index contributed by atoms with van der Waals surface area (Å²) in [4.78, 5) is 0. The molecule has 0 bridgehead atoms. The maximum Gasteiger partial charge on any atom is 0.0316 e. The fraction of sp³-hybridized carbons (Fsp3) is 0.586. The Balaban J connectivity index is 1.47. The molecule has 0 fully saturated rings. The van der Waals surface area contributed by atoms with Gasteiger partial charge in [-0.2, -0.15) is 0 Å². The van der Waals surface area contributed by atoms with Gasteiger partial charge in [0, 0.05) is 29.1 Å². The molecule has 2 nitrogen and oxygen atoms in total. The van der Waals surface area contributed by atoms with Crippen molar-refractivity contribution in [2.24, 2.45) is 0 Å². The van der Waals surface area contributed by atoms with E-state index in [2.05, 4.69) is 120 Å². The first-order chi connectivity index (χ1) is 29.4. The molecule has 0 saturated heterocycles. The van der Waals surface area contributed by atoms with Crippen LogP contribution in [0.2, 0.25) is 0 Å². The van der Waals surface area contributed by atoms with E-state index in [1.54, 1.807) is 0 Å². The Bertz CT molecular complexity index is 1580. The summed E-state index contributed by atoms with van der Waals surface area (Å²) >= 11 is 0. The fourth-order valence-corrected chi connectivity index (χ4v) is 9.90. The van der Waals surface area contributed by atoms with E-state index >= 15 is 0 Å². The zero-order chi connectivity index (χ0) is 42.8. The summed E-state index contributed by atoms with van der Waals surface area (Å²) in [5.41, 5.74) is 25.5. The van der Waals surface area contributed by atoms with Gasteiger partial charge >= 0.3 is 0 Å². The molecule has 0 amide bonds. The summed E-state index contributed by atoms with van der Waals surface area (Å²) in [6.07, 6.45) is 34.7. The molecule has 0 aliphatic heterocycles. The molecule has 4 aromatic carbocycles. The van der Waals surface area contributed by atoms with E-state index in [-0.39, 0.29) is 0 Å². The van der Waals surface area contributed by atoms with E-state index in [4.69, 9.17) is 11.5 Å². The van der Waals surface area contributed by atoms with Gasteiger partial charge in [0.2, 0.25) is 0 Å². The van der Waals surface area contributed by atoms with Gasteiger partial charge in [-0.25, -0.2) is 0 Å². The quantitative estimate of drug-likeness (QED) is 0.0381. The number of aryl methyl sites for hydroxylation is 2. The van der Waals surface area contributed by atoms with Gasteiger partial charge in [-0.05, 0) is 102 Å².